The second-order valence-corrected chi connectivity index (χ2v) is 5.45. The van der Waals surface area contributed by atoms with E-state index in [-0.39, 0.29) is 10.8 Å². The highest BCUT2D eigenvalue weighted by atomic mass is 35.5. The first-order valence-electron chi connectivity index (χ1n) is 3.49. The Morgan fingerprint density at radius 1 is 1.53 bits per heavy atom. The average molecular weight is 270 g/mol. The van der Waals surface area contributed by atoms with E-state index in [4.69, 9.17) is 21.4 Å². The standard InChI is InChI=1S/C6H5ClNO5PS/c7-5-2-1-4(13-14(11,12)15)3-6(5)8(9)10/h1-3H,(H2,11,12,15). The van der Waals surface area contributed by atoms with E-state index in [0.717, 1.165) is 6.07 Å². The number of nitro benzene ring substituents is 1. The van der Waals surface area contributed by atoms with E-state index >= 15 is 0 Å². The SMILES string of the molecule is O=[N+]([O-])c1cc(OP(O)(O)=S)ccc1Cl. The molecule has 0 fully saturated rings. The van der Waals surface area contributed by atoms with Gasteiger partial charge in [-0.15, -0.1) is 0 Å². The van der Waals surface area contributed by atoms with Crippen molar-refractivity contribution in [2.75, 3.05) is 0 Å². The lowest BCUT2D eigenvalue weighted by molar-refractivity contribution is -0.384. The van der Waals surface area contributed by atoms with Gasteiger partial charge in [0.2, 0.25) is 0 Å². The molecule has 0 bridgehead atoms. The van der Waals surface area contributed by atoms with Crippen molar-refractivity contribution < 1.29 is 19.2 Å². The third-order valence-electron chi connectivity index (χ3n) is 1.34. The van der Waals surface area contributed by atoms with Crippen LogP contribution in [0.3, 0.4) is 0 Å². The van der Waals surface area contributed by atoms with Gasteiger partial charge in [-0.2, -0.15) is 0 Å². The van der Waals surface area contributed by atoms with Crippen LogP contribution < -0.4 is 4.52 Å². The fourth-order valence-electron chi connectivity index (χ4n) is 0.826. The molecule has 82 valence electrons. The van der Waals surface area contributed by atoms with Crippen LogP contribution in [0.5, 0.6) is 5.75 Å². The number of hydrogen-bond acceptors (Lipinski definition) is 4. The first kappa shape index (κ1) is 12.4. The van der Waals surface area contributed by atoms with Crippen molar-refractivity contribution in [2.24, 2.45) is 0 Å². The van der Waals surface area contributed by atoms with Crippen molar-refractivity contribution in [2.45, 2.75) is 0 Å². The van der Waals surface area contributed by atoms with Crippen LogP contribution in [-0.2, 0) is 11.8 Å². The van der Waals surface area contributed by atoms with Gasteiger partial charge in [-0.05, 0) is 12.1 Å². The fourth-order valence-corrected chi connectivity index (χ4v) is 1.66. The first-order chi connectivity index (χ1) is 6.79. The van der Waals surface area contributed by atoms with Crippen molar-refractivity contribution in [3.05, 3.63) is 33.3 Å². The van der Waals surface area contributed by atoms with Gasteiger partial charge in [0.25, 0.3) is 5.69 Å². The zero-order valence-corrected chi connectivity index (χ0v) is 9.50. The molecule has 0 radical (unpaired) electrons. The molecular formula is C6H5ClNO5PS. The van der Waals surface area contributed by atoms with Crippen LogP contribution in [0.4, 0.5) is 5.69 Å². The highest BCUT2D eigenvalue weighted by Gasteiger charge is 2.16. The molecule has 0 saturated heterocycles. The normalized spacial score (nSPS) is 11.1. The van der Waals surface area contributed by atoms with Crippen LogP contribution in [0.15, 0.2) is 18.2 Å². The predicted molar refractivity (Wildman–Crippen MR) is 57.5 cm³/mol. The number of halogens is 1. The van der Waals surface area contributed by atoms with E-state index in [0.29, 0.717) is 0 Å². The molecule has 2 N–H and O–H groups in total. The molecule has 0 atom stereocenters. The molecule has 0 unspecified atom stereocenters. The summed E-state index contributed by atoms with van der Waals surface area (Å²) in [6, 6.07) is 3.43. The van der Waals surface area contributed by atoms with Crippen LogP contribution in [-0.4, -0.2) is 14.7 Å². The smallest absolute Gasteiger partial charge is 0.375 e. The van der Waals surface area contributed by atoms with Gasteiger partial charge in [0.05, 0.1) is 11.0 Å². The molecule has 0 spiro atoms. The summed E-state index contributed by atoms with van der Waals surface area (Å²) in [5.41, 5.74) is -0.391. The van der Waals surface area contributed by atoms with E-state index in [1.54, 1.807) is 0 Å². The number of nitrogens with zero attached hydrogens (tertiary/aromatic N) is 1. The maximum atomic E-state index is 10.5. The molecular weight excluding hydrogens is 265 g/mol. The van der Waals surface area contributed by atoms with Gasteiger partial charge in [0.1, 0.15) is 10.8 Å². The molecule has 6 nitrogen and oxygen atoms in total. The zero-order chi connectivity index (χ0) is 11.6. The maximum absolute atomic E-state index is 10.5. The van der Waals surface area contributed by atoms with Crippen LogP contribution in [0.1, 0.15) is 0 Å². The predicted octanol–water partition coefficient (Wildman–Crippen LogP) is 1.84. The summed E-state index contributed by atoms with van der Waals surface area (Å²) in [6.45, 7) is -3.89. The Morgan fingerprint density at radius 3 is 2.60 bits per heavy atom. The van der Waals surface area contributed by atoms with Crippen LogP contribution in [0.25, 0.3) is 0 Å². The lowest BCUT2D eigenvalue weighted by Gasteiger charge is -2.09. The number of benzene rings is 1. The molecule has 0 heterocycles. The molecule has 0 saturated carbocycles. The van der Waals surface area contributed by atoms with Gasteiger partial charge in [-0.3, -0.25) is 10.1 Å². The Kier molecular flexibility index (Phi) is 3.64. The third-order valence-corrected chi connectivity index (χ3v) is 2.33. The largest absolute Gasteiger partial charge is 0.424 e. The third kappa shape index (κ3) is 3.73. The van der Waals surface area contributed by atoms with Gasteiger partial charge < -0.3 is 14.3 Å². The molecule has 0 aromatic heterocycles. The zero-order valence-electron chi connectivity index (χ0n) is 7.03. The molecule has 1 rings (SSSR count). The van der Waals surface area contributed by atoms with E-state index in [2.05, 4.69) is 16.3 Å². The summed E-state index contributed by atoms with van der Waals surface area (Å²) in [5, 5.41) is 10.4. The highest BCUT2D eigenvalue weighted by molar-refractivity contribution is 8.06. The highest BCUT2D eigenvalue weighted by Crippen LogP contribution is 2.40. The quantitative estimate of drug-likeness (QED) is 0.494. The van der Waals surface area contributed by atoms with Crippen molar-refractivity contribution in [3.63, 3.8) is 0 Å². The molecule has 0 amide bonds. The van der Waals surface area contributed by atoms with Crippen molar-refractivity contribution in [1.82, 2.24) is 0 Å². The molecule has 0 aliphatic rings. The van der Waals surface area contributed by atoms with Gasteiger partial charge in [-0.1, -0.05) is 11.6 Å². The van der Waals surface area contributed by atoms with Crippen LogP contribution >= 0.6 is 18.3 Å². The van der Waals surface area contributed by atoms with Gasteiger partial charge in [0.15, 0.2) is 0 Å². The maximum Gasteiger partial charge on any atom is 0.375 e. The van der Waals surface area contributed by atoms with Gasteiger partial charge >= 0.3 is 6.72 Å². The van der Waals surface area contributed by atoms with Crippen molar-refractivity contribution >= 4 is 35.8 Å². The Morgan fingerprint density at radius 2 is 2.13 bits per heavy atom. The number of nitro groups is 1. The second-order valence-electron chi connectivity index (χ2n) is 2.45. The molecule has 1 aromatic carbocycles. The lowest BCUT2D eigenvalue weighted by atomic mass is 10.3. The average Bonchev–Trinajstić information content (AvgIpc) is 2.05. The fraction of sp³-hybridized carbons (Fsp3) is 0. The Hall–Kier alpha value is -0.720. The van der Waals surface area contributed by atoms with Crippen LogP contribution in [0, 0.1) is 10.1 Å². The van der Waals surface area contributed by atoms with Crippen LogP contribution in [0.2, 0.25) is 5.02 Å². The Labute approximate surface area is 94.5 Å². The number of hydrogen-bond donors (Lipinski definition) is 2. The summed E-state index contributed by atoms with van der Waals surface area (Å²) in [4.78, 5) is 27.4. The monoisotopic (exact) mass is 269 g/mol. The van der Waals surface area contributed by atoms with Gasteiger partial charge in [-0.25, -0.2) is 0 Å². The summed E-state index contributed by atoms with van der Waals surface area (Å²) >= 11 is 9.73. The summed E-state index contributed by atoms with van der Waals surface area (Å²) < 4.78 is 4.52. The Balaban J connectivity index is 3.08. The molecule has 1 aromatic rings. The minimum absolute atomic E-state index is 0.0727. The van der Waals surface area contributed by atoms with Crippen molar-refractivity contribution in [3.8, 4) is 5.75 Å². The van der Waals surface area contributed by atoms with Crippen molar-refractivity contribution in [1.29, 1.82) is 0 Å². The molecule has 0 aliphatic heterocycles. The molecule has 9 heteroatoms. The minimum atomic E-state index is -3.89. The molecule has 0 aliphatic carbocycles. The summed E-state index contributed by atoms with van der Waals surface area (Å²) in [6.07, 6.45) is 0. The van der Waals surface area contributed by atoms with E-state index in [1.165, 1.54) is 12.1 Å². The minimum Gasteiger partial charge on any atom is -0.424 e. The summed E-state index contributed by atoms with van der Waals surface area (Å²) in [5.74, 6) is -0.112. The van der Waals surface area contributed by atoms with E-state index in [1.807, 2.05) is 0 Å². The first-order valence-corrected chi connectivity index (χ1v) is 6.49. The topological polar surface area (TPSA) is 92.8 Å². The lowest BCUT2D eigenvalue weighted by Crippen LogP contribution is -1.93. The number of rotatable bonds is 3. The van der Waals surface area contributed by atoms with Gasteiger partial charge in [0, 0.05) is 11.8 Å². The summed E-state index contributed by atoms with van der Waals surface area (Å²) in [7, 11) is 0. The second kappa shape index (κ2) is 4.42. The Bertz CT molecular complexity index is 447. The van der Waals surface area contributed by atoms with E-state index in [9.17, 15) is 10.1 Å². The van der Waals surface area contributed by atoms with E-state index < -0.39 is 17.3 Å². The molecule has 15 heavy (non-hydrogen) atoms.